The van der Waals surface area contributed by atoms with Gasteiger partial charge in [-0.1, -0.05) is 43.0 Å². The maximum atomic E-state index is 12.9. The number of hydrogen-bond donors (Lipinski definition) is 0. The lowest BCUT2D eigenvalue weighted by atomic mass is 10.1. The molecule has 0 saturated heterocycles. The van der Waals surface area contributed by atoms with E-state index in [0.29, 0.717) is 5.76 Å². The van der Waals surface area contributed by atoms with Crippen molar-refractivity contribution in [2.75, 3.05) is 11.7 Å². The monoisotopic (exact) mass is 293 g/mol. The SMILES string of the molecule is C=C(C(=O)N(c1ccccc1)c1ccccc1)C1=COCO1. The second-order valence-corrected chi connectivity index (χ2v) is 4.70. The van der Waals surface area contributed by atoms with Crippen LogP contribution < -0.4 is 4.90 Å². The van der Waals surface area contributed by atoms with E-state index < -0.39 is 0 Å². The molecule has 1 amide bonds. The Balaban J connectivity index is 1.99. The molecule has 4 nitrogen and oxygen atoms in total. The number of hydrogen-bond acceptors (Lipinski definition) is 3. The second kappa shape index (κ2) is 6.18. The topological polar surface area (TPSA) is 38.8 Å². The molecule has 1 aliphatic rings. The third kappa shape index (κ3) is 2.72. The lowest BCUT2D eigenvalue weighted by molar-refractivity contribution is -0.114. The van der Waals surface area contributed by atoms with Crippen LogP contribution in [0.4, 0.5) is 11.4 Å². The van der Waals surface area contributed by atoms with Crippen molar-refractivity contribution < 1.29 is 14.3 Å². The molecule has 3 rings (SSSR count). The first-order valence-electron chi connectivity index (χ1n) is 6.86. The summed E-state index contributed by atoms with van der Waals surface area (Å²) < 4.78 is 10.3. The average Bonchev–Trinajstić information content (AvgIpc) is 3.11. The van der Waals surface area contributed by atoms with Gasteiger partial charge in [0.05, 0.1) is 5.57 Å². The molecule has 0 aliphatic carbocycles. The van der Waals surface area contributed by atoms with E-state index in [1.54, 1.807) is 4.90 Å². The predicted molar refractivity (Wildman–Crippen MR) is 84.3 cm³/mol. The van der Waals surface area contributed by atoms with Crippen LogP contribution in [0.1, 0.15) is 0 Å². The first kappa shape index (κ1) is 13.9. The van der Waals surface area contributed by atoms with E-state index >= 15 is 0 Å². The highest BCUT2D eigenvalue weighted by Gasteiger charge is 2.25. The summed E-state index contributed by atoms with van der Waals surface area (Å²) in [5.41, 5.74) is 1.78. The summed E-state index contributed by atoms with van der Waals surface area (Å²) >= 11 is 0. The normalized spacial score (nSPS) is 12.8. The quantitative estimate of drug-likeness (QED) is 0.806. The molecule has 0 radical (unpaired) electrons. The molecule has 0 unspecified atom stereocenters. The zero-order valence-corrected chi connectivity index (χ0v) is 11.9. The highest BCUT2D eigenvalue weighted by molar-refractivity contribution is 6.12. The first-order chi connectivity index (χ1) is 10.8. The second-order valence-electron chi connectivity index (χ2n) is 4.70. The Morgan fingerprint density at radius 1 is 0.955 bits per heavy atom. The smallest absolute Gasteiger partial charge is 0.266 e. The van der Waals surface area contributed by atoms with Gasteiger partial charge < -0.3 is 9.47 Å². The number of carbonyl (C=O) groups excluding carboxylic acids is 1. The number of rotatable bonds is 4. The maximum absolute atomic E-state index is 12.9. The van der Waals surface area contributed by atoms with E-state index in [2.05, 4.69) is 6.58 Å². The molecule has 0 spiro atoms. The molecule has 110 valence electrons. The minimum absolute atomic E-state index is 0.109. The fourth-order valence-electron chi connectivity index (χ4n) is 2.18. The summed E-state index contributed by atoms with van der Waals surface area (Å²) in [6, 6.07) is 18.8. The van der Waals surface area contributed by atoms with Gasteiger partial charge in [-0.2, -0.15) is 0 Å². The zero-order chi connectivity index (χ0) is 15.4. The fourth-order valence-corrected chi connectivity index (χ4v) is 2.18. The largest absolute Gasteiger partial charge is 0.461 e. The highest BCUT2D eigenvalue weighted by atomic mass is 16.7. The van der Waals surface area contributed by atoms with Crippen LogP contribution in [0.5, 0.6) is 0 Å². The van der Waals surface area contributed by atoms with E-state index in [4.69, 9.17) is 9.47 Å². The van der Waals surface area contributed by atoms with Gasteiger partial charge in [0, 0.05) is 11.4 Å². The number of ether oxygens (including phenoxy) is 2. The van der Waals surface area contributed by atoms with Gasteiger partial charge in [-0.15, -0.1) is 0 Å². The van der Waals surface area contributed by atoms with Crippen LogP contribution in [-0.4, -0.2) is 12.7 Å². The van der Waals surface area contributed by atoms with Crippen LogP contribution >= 0.6 is 0 Å². The van der Waals surface area contributed by atoms with Gasteiger partial charge in [-0.25, -0.2) is 0 Å². The highest BCUT2D eigenvalue weighted by Crippen LogP contribution is 2.29. The molecule has 0 aromatic heterocycles. The molecule has 4 heteroatoms. The first-order valence-corrected chi connectivity index (χ1v) is 6.86. The maximum Gasteiger partial charge on any atom is 0.266 e. The van der Waals surface area contributed by atoms with Crippen LogP contribution in [0.25, 0.3) is 0 Å². The van der Waals surface area contributed by atoms with Crippen molar-refractivity contribution in [2.45, 2.75) is 0 Å². The van der Waals surface area contributed by atoms with Crippen molar-refractivity contribution in [3.8, 4) is 0 Å². The molecule has 0 saturated carbocycles. The minimum atomic E-state index is -0.255. The van der Waals surface area contributed by atoms with E-state index in [-0.39, 0.29) is 18.3 Å². The Labute approximate surface area is 128 Å². The lowest BCUT2D eigenvalue weighted by Crippen LogP contribution is -2.27. The van der Waals surface area contributed by atoms with Gasteiger partial charge >= 0.3 is 0 Å². The van der Waals surface area contributed by atoms with Crippen LogP contribution in [0, 0.1) is 0 Å². The average molecular weight is 293 g/mol. The molecule has 1 aliphatic heterocycles. The van der Waals surface area contributed by atoms with Gasteiger partial charge in [0.1, 0.15) is 6.26 Å². The summed E-state index contributed by atoms with van der Waals surface area (Å²) in [6.45, 7) is 3.95. The van der Waals surface area contributed by atoms with Gasteiger partial charge in [0.2, 0.25) is 6.79 Å². The van der Waals surface area contributed by atoms with Crippen LogP contribution in [0.2, 0.25) is 0 Å². The Morgan fingerprint density at radius 3 is 1.95 bits per heavy atom. The molecular formula is C18H15NO3. The number of carbonyl (C=O) groups is 1. The molecule has 0 N–H and O–H groups in total. The van der Waals surface area contributed by atoms with Crippen LogP contribution in [0.3, 0.4) is 0 Å². The van der Waals surface area contributed by atoms with Crippen molar-refractivity contribution in [3.63, 3.8) is 0 Å². The molecule has 0 fully saturated rings. The van der Waals surface area contributed by atoms with Crippen molar-refractivity contribution in [1.29, 1.82) is 0 Å². The van der Waals surface area contributed by atoms with E-state index in [9.17, 15) is 4.79 Å². The van der Waals surface area contributed by atoms with Gasteiger partial charge in [0.15, 0.2) is 5.76 Å². The predicted octanol–water partition coefficient (Wildman–Crippen LogP) is 3.75. The van der Waals surface area contributed by atoms with Gasteiger partial charge in [-0.05, 0) is 24.3 Å². The lowest BCUT2D eigenvalue weighted by Gasteiger charge is -2.23. The molecule has 22 heavy (non-hydrogen) atoms. The molecule has 1 heterocycles. The summed E-state index contributed by atoms with van der Waals surface area (Å²) in [6.07, 6.45) is 1.41. The zero-order valence-electron chi connectivity index (χ0n) is 11.9. The molecule has 0 atom stereocenters. The molecule has 0 bridgehead atoms. The molecule has 2 aromatic rings. The Bertz CT molecular complexity index is 668. The third-order valence-electron chi connectivity index (χ3n) is 3.26. The summed E-state index contributed by atoms with van der Waals surface area (Å²) in [7, 11) is 0. The van der Waals surface area contributed by atoms with Gasteiger partial charge in [0.25, 0.3) is 5.91 Å². The van der Waals surface area contributed by atoms with Crippen molar-refractivity contribution in [3.05, 3.63) is 84.8 Å². The van der Waals surface area contributed by atoms with Crippen LogP contribution in [-0.2, 0) is 14.3 Å². The van der Waals surface area contributed by atoms with E-state index in [1.165, 1.54) is 6.26 Å². The number of para-hydroxylation sites is 2. The summed E-state index contributed by atoms with van der Waals surface area (Å²) in [5, 5.41) is 0. The molecular weight excluding hydrogens is 278 g/mol. The number of amides is 1. The Hall–Kier alpha value is -3.01. The van der Waals surface area contributed by atoms with Crippen molar-refractivity contribution in [2.24, 2.45) is 0 Å². The molecule has 2 aromatic carbocycles. The van der Waals surface area contributed by atoms with Gasteiger partial charge in [-0.3, -0.25) is 9.69 Å². The summed E-state index contributed by atoms with van der Waals surface area (Å²) in [4.78, 5) is 14.5. The van der Waals surface area contributed by atoms with Crippen molar-refractivity contribution in [1.82, 2.24) is 0 Å². The van der Waals surface area contributed by atoms with E-state index in [1.807, 2.05) is 60.7 Å². The number of anilines is 2. The Kier molecular flexibility index (Phi) is 3.92. The number of nitrogens with zero attached hydrogens (tertiary/aromatic N) is 1. The standard InChI is InChI=1S/C18H15NO3/c1-14(17-12-21-13-22-17)18(20)19(15-8-4-2-5-9-15)16-10-6-3-7-11-16/h2-12H,1,13H2. The minimum Gasteiger partial charge on any atom is -0.461 e. The van der Waals surface area contributed by atoms with Crippen LogP contribution in [0.15, 0.2) is 84.8 Å². The third-order valence-corrected chi connectivity index (χ3v) is 3.26. The van der Waals surface area contributed by atoms with Crippen molar-refractivity contribution >= 4 is 17.3 Å². The van der Waals surface area contributed by atoms with E-state index in [0.717, 1.165) is 11.4 Å². The Morgan fingerprint density at radius 2 is 1.50 bits per heavy atom. The number of benzene rings is 2. The fraction of sp³-hybridized carbons (Fsp3) is 0.0556. The summed E-state index contributed by atoms with van der Waals surface area (Å²) in [5.74, 6) is 0.107.